The van der Waals surface area contributed by atoms with Gasteiger partial charge in [0.25, 0.3) is 5.91 Å². The SMILES string of the molecule is CCOC(=O)CCN(CCN(CC)CC)C(=O)c1ccc(C)cc1. The lowest BCUT2D eigenvalue weighted by atomic mass is 10.1. The summed E-state index contributed by atoms with van der Waals surface area (Å²) in [5.74, 6) is -0.298. The van der Waals surface area contributed by atoms with Crippen LogP contribution in [-0.2, 0) is 9.53 Å². The first-order valence-corrected chi connectivity index (χ1v) is 8.75. The number of esters is 1. The number of benzene rings is 1. The van der Waals surface area contributed by atoms with Gasteiger partial charge in [-0.2, -0.15) is 0 Å². The van der Waals surface area contributed by atoms with Gasteiger partial charge in [-0.15, -0.1) is 0 Å². The number of rotatable bonds is 10. The van der Waals surface area contributed by atoms with Gasteiger partial charge in [0.1, 0.15) is 0 Å². The molecule has 0 fully saturated rings. The largest absolute Gasteiger partial charge is 0.466 e. The van der Waals surface area contributed by atoms with Gasteiger partial charge in [0.15, 0.2) is 0 Å². The van der Waals surface area contributed by atoms with E-state index in [0.717, 1.165) is 25.2 Å². The fourth-order valence-electron chi connectivity index (χ4n) is 2.45. The molecule has 0 unspecified atom stereocenters. The molecule has 0 bridgehead atoms. The summed E-state index contributed by atoms with van der Waals surface area (Å²) >= 11 is 0. The van der Waals surface area contributed by atoms with Crippen molar-refractivity contribution in [2.75, 3.05) is 39.3 Å². The normalized spacial score (nSPS) is 10.7. The molecule has 0 saturated heterocycles. The second-order valence-electron chi connectivity index (χ2n) is 5.74. The van der Waals surface area contributed by atoms with Crippen LogP contribution in [0.4, 0.5) is 0 Å². The van der Waals surface area contributed by atoms with E-state index in [4.69, 9.17) is 4.74 Å². The lowest BCUT2D eigenvalue weighted by Gasteiger charge is -2.26. The minimum Gasteiger partial charge on any atom is -0.466 e. The monoisotopic (exact) mass is 334 g/mol. The summed E-state index contributed by atoms with van der Waals surface area (Å²) in [5, 5.41) is 0. The first-order valence-electron chi connectivity index (χ1n) is 8.75. The van der Waals surface area contributed by atoms with Crippen molar-refractivity contribution >= 4 is 11.9 Å². The summed E-state index contributed by atoms with van der Waals surface area (Å²) in [7, 11) is 0. The number of hydrogen-bond donors (Lipinski definition) is 0. The molecule has 0 heterocycles. The maximum Gasteiger partial charge on any atom is 0.307 e. The van der Waals surface area contributed by atoms with Gasteiger partial charge in [-0.3, -0.25) is 9.59 Å². The Morgan fingerprint density at radius 2 is 1.58 bits per heavy atom. The number of hydrogen-bond acceptors (Lipinski definition) is 4. The minimum absolute atomic E-state index is 0.0357. The summed E-state index contributed by atoms with van der Waals surface area (Å²) in [6.45, 7) is 12.0. The third-order valence-electron chi connectivity index (χ3n) is 4.06. The average molecular weight is 334 g/mol. The number of likely N-dealkylation sites (N-methyl/N-ethyl adjacent to an activating group) is 1. The van der Waals surface area contributed by atoms with Gasteiger partial charge in [-0.1, -0.05) is 31.5 Å². The molecular formula is C19H30N2O3. The average Bonchev–Trinajstić information content (AvgIpc) is 2.58. The van der Waals surface area contributed by atoms with Crippen LogP contribution in [-0.4, -0.2) is 61.0 Å². The maximum atomic E-state index is 12.8. The van der Waals surface area contributed by atoms with Crippen LogP contribution in [0.25, 0.3) is 0 Å². The highest BCUT2D eigenvalue weighted by atomic mass is 16.5. The first kappa shape index (κ1) is 20.2. The Hall–Kier alpha value is -1.88. The smallest absolute Gasteiger partial charge is 0.307 e. The molecule has 5 nitrogen and oxygen atoms in total. The molecule has 0 saturated carbocycles. The van der Waals surface area contributed by atoms with Crippen LogP contribution in [0.15, 0.2) is 24.3 Å². The zero-order chi connectivity index (χ0) is 17.9. The number of aryl methyl sites for hydroxylation is 1. The van der Waals surface area contributed by atoms with Gasteiger partial charge < -0.3 is 14.5 Å². The third-order valence-corrected chi connectivity index (χ3v) is 4.06. The van der Waals surface area contributed by atoms with Gasteiger partial charge in [0.2, 0.25) is 0 Å². The summed E-state index contributed by atoms with van der Waals surface area (Å²) in [4.78, 5) is 28.4. The number of amides is 1. The highest BCUT2D eigenvalue weighted by Crippen LogP contribution is 2.08. The predicted octanol–water partition coefficient (Wildman–Crippen LogP) is 2.73. The molecule has 0 aromatic heterocycles. The molecule has 1 amide bonds. The number of nitrogens with zero attached hydrogens (tertiary/aromatic N) is 2. The predicted molar refractivity (Wildman–Crippen MR) is 96.1 cm³/mol. The van der Waals surface area contributed by atoms with Gasteiger partial charge in [0, 0.05) is 25.2 Å². The van der Waals surface area contributed by atoms with Crippen LogP contribution in [0, 0.1) is 6.92 Å². The zero-order valence-electron chi connectivity index (χ0n) is 15.4. The molecule has 24 heavy (non-hydrogen) atoms. The van der Waals surface area contributed by atoms with Gasteiger partial charge in [-0.25, -0.2) is 0 Å². The molecule has 0 aliphatic rings. The van der Waals surface area contributed by atoms with Crippen LogP contribution in [0.1, 0.15) is 43.1 Å². The fraction of sp³-hybridized carbons (Fsp3) is 0.579. The van der Waals surface area contributed by atoms with Crippen molar-refractivity contribution < 1.29 is 14.3 Å². The van der Waals surface area contributed by atoms with E-state index < -0.39 is 0 Å². The van der Waals surface area contributed by atoms with E-state index in [1.54, 1.807) is 11.8 Å². The van der Waals surface area contributed by atoms with Crippen LogP contribution >= 0.6 is 0 Å². The van der Waals surface area contributed by atoms with E-state index in [-0.39, 0.29) is 18.3 Å². The highest BCUT2D eigenvalue weighted by Gasteiger charge is 2.18. The summed E-state index contributed by atoms with van der Waals surface area (Å²) < 4.78 is 4.97. The van der Waals surface area contributed by atoms with E-state index in [1.807, 2.05) is 31.2 Å². The number of carbonyl (C=O) groups excluding carboxylic acids is 2. The number of carbonyl (C=O) groups is 2. The molecule has 0 N–H and O–H groups in total. The van der Waals surface area contributed by atoms with Crippen molar-refractivity contribution in [1.82, 2.24) is 9.80 Å². The molecule has 0 atom stereocenters. The molecule has 1 aromatic carbocycles. The summed E-state index contributed by atoms with van der Waals surface area (Å²) in [6, 6.07) is 7.54. The van der Waals surface area contributed by atoms with Crippen molar-refractivity contribution in [1.29, 1.82) is 0 Å². The van der Waals surface area contributed by atoms with E-state index >= 15 is 0 Å². The third kappa shape index (κ3) is 6.71. The van der Waals surface area contributed by atoms with Gasteiger partial charge >= 0.3 is 5.97 Å². The van der Waals surface area contributed by atoms with Crippen molar-refractivity contribution in [2.45, 2.75) is 34.1 Å². The van der Waals surface area contributed by atoms with Crippen molar-refractivity contribution in [3.8, 4) is 0 Å². The van der Waals surface area contributed by atoms with Crippen molar-refractivity contribution in [2.24, 2.45) is 0 Å². The number of ether oxygens (including phenoxy) is 1. The molecule has 5 heteroatoms. The van der Waals surface area contributed by atoms with Crippen LogP contribution < -0.4 is 0 Å². The molecule has 134 valence electrons. The van der Waals surface area contributed by atoms with Crippen molar-refractivity contribution in [3.05, 3.63) is 35.4 Å². The molecular weight excluding hydrogens is 304 g/mol. The Bertz CT molecular complexity index is 510. The molecule has 0 aliphatic carbocycles. The summed E-state index contributed by atoms with van der Waals surface area (Å²) in [5.41, 5.74) is 1.77. The summed E-state index contributed by atoms with van der Waals surface area (Å²) in [6.07, 6.45) is 0.226. The Balaban J connectivity index is 2.76. The second kappa shape index (κ2) is 10.8. The Labute approximate surface area is 145 Å². The first-order chi connectivity index (χ1) is 11.5. The standard InChI is InChI=1S/C19H30N2O3/c1-5-20(6-2)14-15-21(13-12-18(22)24-7-3)19(23)17-10-8-16(4)9-11-17/h8-11H,5-7,12-15H2,1-4H3. The topological polar surface area (TPSA) is 49.9 Å². The second-order valence-corrected chi connectivity index (χ2v) is 5.74. The molecule has 0 radical (unpaired) electrons. The van der Waals surface area contributed by atoms with E-state index in [0.29, 0.717) is 25.3 Å². The Kier molecular flexibility index (Phi) is 9.08. The fourth-order valence-corrected chi connectivity index (χ4v) is 2.45. The Morgan fingerprint density at radius 1 is 0.958 bits per heavy atom. The highest BCUT2D eigenvalue weighted by molar-refractivity contribution is 5.94. The molecule has 1 aromatic rings. The van der Waals surface area contributed by atoms with E-state index in [2.05, 4.69) is 18.7 Å². The Morgan fingerprint density at radius 3 is 2.12 bits per heavy atom. The minimum atomic E-state index is -0.262. The maximum absolute atomic E-state index is 12.8. The molecule has 1 rings (SSSR count). The zero-order valence-corrected chi connectivity index (χ0v) is 15.4. The lowest BCUT2D eigenvalue weighted by Crippen LogP contribution is -2.40. The van der Waals surface area contributed by atoms with Gasteiger partial charge in [0.05, 0.1) is 13.0 Å². The van der Waals surface area contributed by atoms with Crippen LogP contribution in [0.2, 0.25) is 0 Å². The van der Waals surface area contributed by atoms with E-state index in [9.17, 15) is 9.59 Å². The van der Waals surface area contributed by atoms with Gasteiger partial charge in [-0.05, 0) is 39.1 Å². The van der Waals surface area contributed by atoms with E-state index in [1.165, 1.54) is 0 Å². The molecule has 0 spiro atoms. The molecule has 0 aliphatic heterocycles. The van der Waals surface area contributed by atoms with Crippen molar-refractivity contribution in [3.63, 3.8) is 0 Å². The van der Waals surface area contributed by atoms with Crippen LogP contribution in [0.3, 0.4) is 0 Å². The quantitative estimate of drug-likeness (QED) is 0.617. The van der Waals surface area contributed by atoms with Crippen LogP contribution in [0.5, 0.6) is 0 Å². The lowest BCUT2D eigenvalue weighted by molar-refractivity contribution is -0.143.